The first-order chi connectivity index (χ1) is 7.69. The Hall–Kier alpha value is -0.870. The molecule has 0 aromatic carbocycles. The molecular formula is C12H27N3O. The number of hydrogen-bond acceptors (Lipinski definition) is 3. The molecule has 0 radical (unpaired) electrons. The van der Waals surface area contributed by atoms with E-state index < -0.39 is 0 Å². The van der Waals surface area contributed by atoms with Crippen molar-refractivity contribution in [1.29, 1.82) is 0 Å². The number of carbonyl (C=O) groups is 1. The molecule has 0 aliphatic heterocycles. The van der Waals surface area contributed by atoms with Gasteiger partial charge in [0.05, 0.1) is 0 Å². The van der Waals surface area contributed by atoms with E-state index in [0.29, 0.717) is 6.04 Å². The molecule has 16 heavy (non-hydrogen) atoms. The number of hydrazine groups is 1. The average molecular weight is 229 g/mol. The summed E-state index contributed by atoms with van der Waals surface area (Å²) in [6.07, 6.45) is 6.85. The minimum Gasteiger partial charge on any atom is -0.356 e. The molecule has 0 bridgehead atoms. The number of nitrogens with one attached hydrogen (secondary N) is 2. The lowest BCUT2D eigenvalue weighted by molar-refractivity contribution is -0.124. The van der Waals surface area contributed by atoms with E-state index >= 15 is 0 Å². The molecule has 96 valence electrons. The molecule has 1 aliphatic carbocycles. The van der Waals surface area contributed by atoms with Gasteiger partial charge in [-0.1, -0.05) is 12.2 Å². The van der Waals surface area contributed by atoms with Gasteiger partial charge in [0, 0.05) is 19.9 Å². The van der Waals surface area contributed by atoms with Gasteiger partial charge in [-0.05, 0) is 40.0 Å². The molecule has 0 aromatic heterocycles. The van der Waals surface area contributed by atoms with Gasteiger partial charge in [-0.3, -0.25) is 16.1 Å². The van der Waals surface area contributed by atoms with Gasteiger partial charge in [0.25, 0.3) is 0 Å². The van der Waals surface area contributed by atoms with E-state index in [4.69, 9.17) is 5.84 Å². The first-order valence-corrected chi connectivity index (χ1v) is 6.00. The second-order valence-electron chi connectivity index (χ2n) is 3.93. The highest BCUT2D eigenvalue weighted by atomic mass is 16.1. The summed E-state index contributed by atoms with van der Waals surface area (Å²) < 4.78 is 0. The monoisotopic (exact) mass is 229 g/mol. The quantitative estimate of drug-likeness (QED) is 0.391. The molecule has 1 aliphatic rings. The smallest absolute Gasteiger partial charge is 0.223 e. The van der Waals surface area contributed by atoms with Crippen LogP contribution in [0.1, 0.15) is 41.5 Å². The summed E-state index contributed by atoms with van der Waals surface area (Å²) >= 11 is 0. The summed E-state index contributed by atoms with van der Waals surface area (Å²) in [6, 6.07) is 0.331. The van der Waals surface area contributed by atoms with Crippen molar-refractivity contribution in [3.63, 3.8) is 0 Å². The third-order valence-electron chi connectivity index (χ3n) is 2.72. The Morgan fingerprint density at radius 1 is 1.44 bits per heavy atom. The zero-order valence-electron chi connectivity index (χ0n) is 10.6. The maximum Gasteiger partial charge on any atom is 0.223 e. The fourth-order valence-corrected chi connectivity index (χ4v) is 1.69. The Morgan fingerprint density at radius 2 is 2.06 bits per heavy atom. The zero-order valence-corrected chi connectivity index (χ0v) is 10.6. The molecule has 4 nitrogen and oxygen atoms in total. The van der Waals surface area contributed by atoms with Crippen LogP contribution in [-0.2, 0) is 4.79 Å². The maximum absolute atomic E-state index is 11.3. The van der Waals surface area contributed by atoms with E-state index in [1.54, 1.807) is 0 Å². The number of allylic oxidation sites excluding steroid dienone is 2. The van der Waals surface area contributed by atoms with Crippen molar-refractivity contribution in [1.82, 2.24) is 10.7 Å². The molecule has 4 heteroatoms. The minimum absolute atomic E-state index is 0. The second kappa shape index (κ2) is 9.36. The topological polar surface area (TPSA) is 67.2 Å². The normalized spacial score (nSPS) is 24.0. The molecule has 2 atom stereocenters. The Morgan fingerprint density at radius 3 is 2.44 bits per heavy atom. The highest BCUT2D eigenvalue weighted by Crippen LogP contribution is 2.24. The lowest BCUT2D eigenvalue weighted by atomic mass is 10.1. The van der Waals surface area contributed by atoms with Gasteiger partial charge in [0.2, 0.25) is 5.91 Å². The molecule has 4 N–H and O–H groups in total. The van der Waals surface area contributed by atoms with E-state index in [0.717, 1.165) is 25.8 Å². The molecule has 0 heterocycles. The van der Waals surface area contributed by atoms with Crippen LogP contribution < -0.4 is 16.6 Å². The predicted octanol–water partition coefficient (Wildman–Crippen LogP) is 1.58. The van der Waals surface area contributed by atoms with Crippen molar-refractivity contribution in [3.05, 3.63) is 12.2 Å². The molecule has 1 rings (SSSR count). The van der Waals surface area contributed by atoms with Crippen LogP contribution in [-0.4, -0.2) is 18.5 Å². The van der Waals surface area contributed by atoms with Gasteiger partial charge in [0.1, 0.15) is 0 Å². The minimum atomic E-state index is 0. The van der Waals surface area contributed by atoms with Crippen LogP contribution in [0, 0.1) is 5.92 Å². The first kappa shape index (κ1) is 15.1. The van der Waals surface area contributed by atoms with Gasteiger partial charge in [-0.25, -0.2) is 0 Å². The predicted molar refractivity (Wildman–Crippen MR) is 69.7 cm³/mol. The van der Waals surface area contributed by atoms with Gasteiger partial charge in [-0.15, -0.1) is 0 Å². The second-order valence-corrected chi connectivity index (χ2v) is 3.93. The van der Waals surface area contributed by atoms with Gasteiger partial charge >= 0.3 is 0 Å². The van der Waals surface area contributed by atoms with Crippen molar-refractivity contribution in [2.75, 3.05) is 6.54 Å². The summed E-state index contributed by atoms with van der Waals surface area (Å²) in [5, 5.41) is 2.82. The molecule has 0 aromatic rings. The Balaban J connectivity index is 0. The van der Waals surface area contributed by atoms with Crippen molar-refractivity contribution in [3.8, 4) is 0 Å². The van der Waals surface area contributed by atoms with Crippen molar-refractivity contribution < 1.29 is 6.22 Å². The maximum atomic E-state index is 11.3. The lowest BCUT2D eigenvalue weighted by Crippen LogP contribution is -2.34. The standard InChI is InChI=1S/C8H17N3O.C4H8.H2/c1-2-10-8(12)6-3-4-7(5-6)11-9;1-3-4-2;/h6-7,11H,2-5,9H2,1H3,(H,10,12);3-4H,1-2H3;1H/b;4-3-;. The van der Waals surface area contributed by atoms with Crippen LogP contribution in [0.4, 0.5) is 0 Å². The van der Waals surface area contributed by atoms with Crippen LogP contribution in [0.5, 0.6) is 0 Å². The lowest BCUT2D eigenvalue weighted by Gasteiger charge is -2.09. The summed E-state index contributed by atoms with van der Waals surface area (Å²) in [5.41, 5.74) is 2.71. The Labute approximate surface area is 100 Å². The summed E-state index contributed by atoms with van der Waals surface area (Å²) in [4.78, 5) is 11.3. The van der Waals surface area contributed by atoms with Crippen molar-refractivity contribution >= 4 is 5.91 Å². The van der Waals surface area contributed by atoms with E-state index in [2.05, 4.69) is 10.7 Å². The van der Waals surface area contributed by atoms with E-state index in [1.165, 1.54) is 0 Å². The van der Waals surface area contributed by atoms with Crippen LogP contribution >= 0.6 is 0 Å². The van der Waals surface area contributed by atoms with E-state index in [9.17, 15) is 4.79 Å². The molecule has 0 spiro atoms. The summed E-state index contributed by atoms with van der Waals surface area (Å²) in [6.45, 7) is 6.65. The highest BCUT2D eigenvalue weighted by molar-refractivity contribution is 5.78. The average Bonchev–Trinajstić information content (AvgIpc) is 2.78. The largest absolute Gasteiger partial charge is 0.356 e. The molecular weight excluding hydrogens is 202 g/mol. The van der Waals surface area contributed by atoms with Crippen molar-refractivity contribution in [2.45, 2.75) is 46.1 Å². The summed E-state index contributed by atoms with van der Waals surface area (Å²) in [7, 11) is 0. The Kier molecular flexibility index (Phi) is 8.85. The van der Waals surface area contributed by atoms with Gasteiger partial charge in [-0.2, -0.15) is 0 Å². The number of carbonyl (C=O) groups excluding carboxylic acids is 1. The van der Waals surface area contributed by atoms with Crippen LogP contribution in [0.25, 0.3) is 0 Å². The molecule has 0 saturated heterocycles. The fraction of sp³-hybridized carbons (Fsp3) is 0.750. The number of hydrogen-bond donors (Lipinski definition) is 3. The third kappa shape index (κ3) is 5.88. The molecule has 2 unspecified atom stereocenters. The van der Waals surface area contributed by atoms with Crippen LogP contribution in [0.2, 0.25) is 0 Å². The zero-order chi connectivity index (χ0) is 12.4. The number of nitrogens with two attached hydrogens (primary N) is 1. The molecule has 1 amide bonds. The first-order valence-electron chi connectivity index (χ1n) is 6.00. The van der Waals surface area contributed by atoms with Gasteiger partial charge in [0.15, 0.2) is 0 Å². The SMILES string of the molecule is C/C=C\C.CCNC(=O)C1CCC(NN)C1.[HH]. The summed E-state index contributed by atoms with van der Waals surface area (Å²) in [5.74, 6) is 5.64. The third-order valence-corrected chi connectivity index (χ3v) is 2.72. The van der Waals surface area contributed by atoms with Crippen LogP contribution in [0.15, 0.2) is 12.2 Å². The van der Waals surface area contributed by atoms with E-state index in [1.807, 2.05) is 32.9 Å². The number of amides is 1. The number of rotatable bonds is 3. The highest BCUT2D eigenvalue weighted by Gasteiger charge is 2.28. The van der Waals surface area contributed by atoms with E-state index in [-0.39, 0.29) is 13.3 Å². The fourth-order valence-electron chi connectivity index (χ4n) is 1.69. The molecule has 1 saturated carbocycles. The van der Waals surface area contributed by atoms with Crippen molar-refractivity contribution in [2.24, 2.45) is 11.8 Å². The van der Waals surface area contributed by atoms with Gasteiger partial charge < -0.3 is 5.32 Å². The molecule has 1 fully saturated rings. The Bertz CT molecular complexity index is 218. The van der Waals surface area contributed by atoms with Crippen LogP contribution in [0.3, 0.4) is 0 Å².